The van der Waals surface area contributed by atoms with E-state index in [1.165, 1.54) is 0 Å². The number of allylic oxidation sites excluding steroid dienone is 4. The molecular weight excluding hydrogens is 170 g/mol. The molecule has 1 aliphatic carbocycles. The van der Waals surface area contributed by atoms with Crippen molar-refractivity contribution in [2.24, 2.45) is 0 Å². The Bertz CT molecular complexity index is 344. The quantitative estimate of drug-likeness (QED) is 0.742. The predicted molar refractivity (Wildman–Crippen MR) is 61.3 cm³/mol. The van der Waals surface area contributed by atoms with Gasteiger partial charge in [0, 0.05) is 5.69 Å². The van der Waals surface area contributed by atoms with Crippen LogP contribution in [-0.2, 0) is 0 Å². The van der Waals surface area contributed by atoms with Crippen molar-refractivity contribution >= 4 is 5.69 Å². The average molecular weight is 183 g/mol. The molecular formula is C13H13N. The Balaban J connectivity index is 2.05. The van der Waals surface area contributed by atoms with Crippen LogP contribution >= 0.6 is 0 Å². The molecule has 1 aliphatic rings. The molecule has 0 unspecified atom stereocenters. The van der Waals surface area contributed by atoms with Crippen LogP contribution in [0.15, 0.2) is 66.8 Å². The Kier molecular flexibility index (Phi) is 2.82. The van der Waals surface area contributed by atoms with Gasteiger partial charge in [-0.1, -0.05) is 54.7 Å². The molecule has 0 spiro atoms. The van der Waals surface area contributed by atoms with Crippen molar-refractivity contribution in [2.45, 2.75) is 6.04 Å². The summed E-state index contributed by atoms with van der Waals surface area (Å²) in [7, 11) is 0. The fourth-order valence-corrected chi connectivity index (χ4v) is 1.38. The summed E-state index contributed by atoms with van der Waals surface area (Å²) in [6.07, 6.45) is 12.4. The highest BCUT2D eigenvalue weighted by Crippen LogP contribution is 2.09. The van der Waals surface area contributed by atoms with Gasteiger partial charge in [0.1, 0.15) is 0 Å². The first kappa shape index (κ1) is 8.82. The molecule has 0 saturated heterocycles. The number of para-hydroxylation sites is 1. The average Bonchev–Trinajstić information content (AvgIpc) is 2.48. The molecule has 0 amide bonds. The lowest BCUT2D eigenvalue weighted by Gasteiger charge is -2.11. The summed E-state index contributed by atoms with van der Waals surface area (Å²) in [5.74, 6) is 0. The molecule has 1 nitrogen and oxygen atoms in total. The summed E-state index contributed by atoms with van der Waals surface area (Å²) in [5, 5.41) is 3.41. The minimum Gasteiger partial charge on any atom is -0.375 e. The van der Waals surface area contributed by atoms with Crippen molar-refractivity contribution in [3.05, 3.63) is 66.8 Å². The smallest absolute Gasteiger partial charge is 0.0634 e. The highest BCUT2D eigenvalue weighted by molar-refractivity contribution is 5.46. The monoisotopic (exact) mass is 183 g/mol. The van der Waals surface area contributed by atoms with Gasteiger partial charge in [-0.15, -0.1) is 0 Å². The van der Waals surface area contributed by atoms with Gasteiger partial charge in [0.05, 0.1) is 6.04 Å². The maximum absolute atomic E-state index is 3.41. The second-order valence-corrected chi connectivity index (χ2v) is 3.19. The van der Waals surface area contributed by atoms with Gasteiger partial charge in [0.2, 0.25) is 0 Å². The van der Waals surface area contributed by atoms with Crippen molar-refractivity contribution in [2.75, 3.05) is 5.32 Å². The molecule has 0 aliphatic heterocycles. The molecule has 0 bridgehead atoms. The third kappa shape index (κ3) is 2.36. The topological polar surface area (TPSA) is 12.0 Å². The van der Waals surface area contributed by atoms with Gasteiger partial charge >= 0.3 is 0 Å². The lowest BCUT2D eigenvalue weighted by Crippen LogP contribution is -2.12. The van der Waals surface area contributed by atoms with Crippen molar-refractivity contribution in [3.63, 3.8) is 0 Å². The van der Waals surface area contributed by atoms with Gasteiger partial charge in [0.15, 0.2) is 0 Å². The molecule has 0 radical (unpaired) electrons. The first-order chi connectivity index (χ1) is 6.95. The van der Waals surface area contributed by atoms with Crippen LogP contribution in [0.3, 0.4) is 0 Å². The van der Waals surface area contributed by atoms with Crippen LogP contribution in [0, 0.1) is 0 Å². The van der Waals surface area contributed by atoms with Crippen molar-refractivity contribution in [1.82, 2.24) is 0 Å². The van der Waals surface area contributed by atoms with Crippen LogP contribution in [0.2, 0.25) is 0 Å². The van der Waals surface area contributed by atoms with Gasteiger partial charge in [-0.05, 0) is 12.1 Å². The van der Waals surface area contributed by atoms with E-state index in [4.69, 9.17) is 0 Å². The first-order valence-corrected chi connectivity index (χ1v) is 4.78. The predicted octanol–water partition coefficient (Wildman–Crippen LogP) is 3.15. The molecule has 1 aromatic carbocycles. The van der Waals surface area contributed by atoms with E-state index >= 15 is 0 Å². The van der Waals surface area contributed by atoms with Gasteiger partial charge in [0.25, 0.3) is 0 Å². The zero-order valence-corrected chi connectivity index (χ0v) is 7.93. The van der Waals surface area contributed by atoms with Crippen molar-refractivity contribution in [3.8, 4) is 0 Å². The molecule has 0 heterocycles. The maximum atomic E-state index is 3.41. The summed E-state index contributed by atoms with van der Waals surface area (Å²) in [4.78, 5) is 0. The number of nitrogens with one attached hydrogen (secondary N) is 1. The molecule has 1 N–H and O–H groups in total. The molecule has 0 saturated carbocycles. The molecule has 0 atom stereocenters. The summed E-state index contributed by atoms with van der Waals surface area (Å²) in [6, 6.07) is 10.5. The summed E-state index contributed by atoms with van der Waals surface area (Å²) < 4.78 is 0. The van der Waals surface area contributed by atoms with E-state index in [0.29, 0.717) is 0 Å². The van der Waals surface area contributed by atoms with Crippen LogP contribution in [-0.4, -0.2) is 6.04 Å². The molecule has 70 valence electrons. The van der Waals surface area contributed by atoms with Gasteiger partial charge < -0.3 is 5.32 Å². The molecule has 1 aromatic rings. The second-order valence-electron chi connectivity index (χ2n) is 3.19. The Labute approximate surface area is 84.5 Å². The number of rotatable bonds is 2. The molecule has 0 aromatic heterocycles. The van der Waals surface area contributed by atoms with Crippen molar-refractivity contribution in [1.29, 1.82) is 0 Å². The van der Waals surface area contributed by atoms with Crippen LogP contribution in [0.5, 0.6) is 0 Å². The van der Waals surface area contributed by atoms with Gasteiger partial charge in [-0.25, -0.2) is 0 Å². The lowest BCUT2D eigenvalue weighted by atomic mass is 10.2. The maximum Gasteiger partial charge on any atom is 0.0634 e. The summed E-state index contributed by atoms with van der Waals surface area (Å²) in [6.45, 7) is 0. The van der Waals surface area contributed by atoms with Crippen LogP contribution in [0.25, 0.3) is 0 Å². The zero-order chi connectivity index (χ0) is 9.64. The van der Waals surface area contributed by atoms with E-state index in [0.717, 1.165) is 5.69 Å². The van der Waals surface area contributed by atoms with E-state index in [1.54, 1.807) is 0 Å². The largest absolute Gasteiger partial charge is 0.375 e. The molecule has 14 heavy (non-hydrogen) atoms. The zero-order valence-electron chi connectivity index (χ0n) is 7.93. The van der Waals surface area contributed by atoms with Crippen LogP contribution in [0.4, 0.5) is 5.69 Å². The van der Waals surface area contributed by atoms with Crippen molar-refractivity contribution < 1.29 is 0 Å². The third-order valence-electron chi connectivity index (χ3n) is 2.08. The fraction of sp³-hybridized carbons (Fsp3) is 0.0769. The minimum absolute atomic E-state index is 0.285. The molecule has 2 rings (SSSR count). The van der Waals surface area contributed by atoms with E-state index in [2.05, 4.69) is 41.8 Å². The van der Waals surface area contributed by atoms with Crippen LogP contribution < -0.4 is 5.32 Å². The highest BCUT2D eigenvalue weighted by Gasteiger charge is 1.99. The Morgan fingerprint density at radius 3 is 2.07 bits per heavy atom. The highest BCUT2D eigenvalue weighted by atomic mass is 14.9. The third-order valence-corrected chi connectivity index (χ3v) is 2.08. The Morgan fingerprint density at radius 1 is 0.786 bits per heavy atom. The standard InChI is InChI=1S/C13H13N/c1-2-5-9-12(8-4-1)14-13-10-6-3-7-11-13/h1-12,14H. The normalized spacial score (nSPS) is 15.4. The fourth-order valence-electron chi connectivity index (χ4n) is 1.38. The van der Waals surface area contributed by atoms with Crippen LogP contribution in [0.1, 0.15) is 0 Å². The van der Waals surface area contributed by atoms with E-state index in [1.807, 2.05) is 30.4 Å². The SMILES string of the molecule is C1=CC=CC(Nc2ccccc2)C=C1. The number of benzene rings is 1. The Hall–Kier alpha value is -1.76. The van der Waals surface area contributed by atoms with Gasteiger partial charge in [-0.2, -0.15) is 0 Å². The first-order valence-electron chi connectivity index (χ1n) is 4.78. The van der Waals surface area contributed by atoms with E-state index in [9.17, 15) is 0 Å². The molecule has 1 heteroatoms. The Morgan fingerprint density at radius 2 is 1.43 bits per heavy atom. The van der Waals surface area contributed by atoms with E-state index in [-0.39, 0.29) is 6.04 Å². The van der Waals surface area contributed by atoms with E-state index < -0.39 is 0 Å². The second kappa shape index (κ2) is 4.47. The minimum atomic E-state index is 0.285. The number of anilines is 1. The molecule has 0 fully saturated rings. The van der Waals surface area contributed by atoms with Gasteiger partial charge in [-0.3, -0.25) is 0 Å². The number of hydrogen-bond donors (Lipinski definition) is 1. The summed E-state index contributed by atoms with van der Waals surface area (Å²) >= 11 is 0. The number of hydrogen-bond acceptors (Lipinski definition) is 1. The lowest BCUT2D eigenvalue weighted by molar-refractivity contribution is 1.11. The summed E-state index contributed by atoms with van der Waals surface area (Å²) in [5.41, 5.74) is 1.15.